The van der Waals surface area contributed by atoms with Crippen molar-refractivity contribution in [3.63, 3.8) is 0 Å². The number of esters is 1. The molecule has 1 aliphatic carbocycles. The van der Waals surface area contributed by atoms with Crippen LogP contribution in [-0.2, 0) is 35.2 Å². The molecule has 2 heterocycles. The van der Waals surface area contributed by atoms with Crippen molar-refractivity contribution in [3.8, 4) is 11.1 Å². The molecule has 0 spiro atoms. The first kappa shape index (κ1) is 17.2. The fourth-order valence-electron chi connectivity index (χ4n) is 3.94. The minimum atomic E-state index is -0.215. The summed E-state index contributed by atoms with van der Waals surface area (Å²) in [5.74, 6) is -0.215. The quantitative estimate of drug-likeness (QED) is 0.608. The first-order valence-electron chi connectivity index (χ1n) is 9.22. The Labute approximate surface area is 158 Å². The van der Waals surface area contributed by atoms with Gasteiger partial charge in [-0.2, -0.15) is 0 Å². The van der Waals surface area contributed by atoms with Crippen LogP contribution in [0, 0.1) is 6.92 Å². The third-order valence-corrected chi connectivity index (χ3v) is 6.55. The normalized spacial score (nSPS) is 13.2. The van der Waals surface area contributed by atoms with Crippen molar-refractivity contribution < 1.29 is 9.53 Å². The second kappa shape index (κ2) is 6.84. The molecule has 0 saturated heterocycles. The van der Waals surface area contributed by atoms with Gasteiger partial charge in [-0.15, -0.1) is 11.3 Å². The third kappa shape index (κ3) is 2.82. The van der Waals surface area contributed by atoms with Crippen LogP contribution < -0.4 is 0 Å². The van der Waals surface area contributed by atoms with E-state index in [4.69, 9.17) is 9.72 Å². The van der Waals surface area contributed by atoms with Crippen LogP contribution in [0.25, 0.3) is 21.3 Å². The minimum Gasteiger partial charge on any atom is -0.469 e. The molecule has 26 heavy (non-hydrogen) atoms. The number of ether oxygens (including phenoxy) is 1. The summed E-state index contributed by atoms with van der Waals surface area (Å²) in [7, 11) is 1.45. The SMILES string of the molecule is CCc1ccc(-c2c(CC(=O)OC)c(C)nc3sc4c(c23)CCC4)cc1. The number of methoxy groups -OCH3 is 1. The highest BCUT2D eigenvalue weighted by Crippen LogP contribution is 2.43. The number of rotatable bonds is 4. The van der Waals surface area contributed by atoms with Crippen molar-refractivity contribution in [2.45, 2.75) is 46.0 Å². The second-order valence-corrected chi connectivity index (χ2v) is 7.98. The van der Waals surface area contributed by atoms with Crippen molar-refractivity contribution in [1.29, 1.82) is 0 Å². The van der Waals surface area contributed by atoms with E-state index in [2.05, 4.69) is 31.2 Å². The van der Waals surface area contributed by atoms with Crippen LogP contribution in [0.1, 0.15) is 40.6 Å². The van der Waals surface area contributed by atoms with E-state index in [9.17, 15) is 4.79 Å². The van der Waals surface area contributed by atoms with Crippen LogP contribution in [-0.4, -0.2) is 18.1 Å². The number of carbonyl (C=O) groups excluding carboxylic acids is 1. The van der Waals surface area contributed by atoms with Gasteiger partial charge in [0.1, 0.15) is 4.83 Å². The molecule has 0 amide bonds. The van der Waals surface area contributed by atoms with Crippen molar-refractivity contribution in [1.82, 2.24) is 4.98 Å². The van der Waals surface area contributed by atoms with Crippen LogP contribution >= 0.6 is 11.3 Å². The predicted octanol–water partition coefficient (Wildman–Crippen LogP) is 5.04. The molecule has 1 aliphatic rings. The largest absolute Gasteiger partial charge is 0.469 e. The molecule has 0 radical (unpaired) electrons. The monoisotopic (exact) mass is 365 g/mol. The van der Waals surface area contributed by atoms with Crippen LogP contribution in [0.2, 0.25) is 0 Å². The topological polar surface area (TPSA) is 39.2 Å². The molecular weight excluding hydrogens is 342 g/mol. The van der Waals surface area contributed by atoms with Gasteiger partial charge in [0.15, 0.2) is 0 Å². The molecular formula is C22H23NO2S. The molecule has 4 rings (SSSR count). The number of fused-ring (bicyclic) bond motifs is 3. The molecule has 0 unspecified atom stereocenters. The smallest absolute Gasteiger partial charge is 0.310 e. The molecule has 2 aromatic heterocycles. The molecule has 0 N–H and O–H groups in total. The Hall–Kier alpha value is -2.20. The lowest BCUT2D eigenvalue weighted by molar-refractivity contribution is -0.139. The average Bonchev–Trinajstić information content (AvgIpc) is 3.23. The Kier molecular flexibility index (Phi) is 4.53. The lowest BCUT2D eigenvalue weighted by Crippen LogP contribution is -2.09. The molecule has 0 aliphatic heterocycles. The number of pyridine rings is 1. The number of thiophene rings is 1. The fraction of sp³-hybridized carbons (Fsp3) is 0.364. The molecule has 3 aromatic rings. The highest BCUT2D eigenvalue weighted by Gasteiger charge is 2.25. The number of aryl methyl sites for hydroxylation is 4. The second-order valence-electron chi connectivity index (χ2n) is 6.89. The molecule has 4 heteroatoms. The summed E-state index contributed by atoms with van der Waals surface area (Å²) in [4.78, 5) is 19.5. The molecule has 134 valence electrons. The maximum absolute atomic E-state index is 12.1. The molecule has 0 atom stereocenters. The maximum Gasteiger partial charge on any atom is 0.310 e. The zero-order chi connectivity index (χ0) is 18.3. The zero-order valence-electron chi connectivity index (χ0n) is 15.5. The van der Waals surface area contributed by atoms with E-state index in [0.29, 0.717) is 0 Å². The van der Waals surface area contributed by atoms with Crippen molar-refractivity contribution >= 4 is 27.5 Å². The molecule has 1 aromatic carbocycles. The van der Waals surface area contributed by atoms with Gasteiger partial charge in [0.05, 0.1) is 13.5 Å². The lowest BCUT2D eigenvalue weighted by Gasteiger charge is -2.15. The van der Waals surface area contributed by atoms with Gasteiger partial charge in [-0.25, -0.2) is 4.98 Å². The summed E-state index contributed by atoms with van der Waals surface area (Å²) in [6.07, 6.45) is 4.76. The molecule has 3 nitrogen and oxygen atoms in total. The van der Waals surface area contributed by atoms with Gasteiger partial charge in [-0.05, 0) is 60.4 Å². The van der Waals surface area contributed by atoms with Crippen LogP contribution in [0.3, 0.4) is 0 Å². The summed E-state index contributed by atoms with van der Waals surface area (Å²) in [6, 6.07) is 8.75. The van der Waals surface area contributed by atoms with E-state index in [0.717, 1.165) is 35.4 Å². The van der Waals surface area contributed by atoms with Gasteiger partial charge >= 0.3 is 5.97 Å². The zero-order valence-corrected chi connectivity index (χ0v) is 16.3. The Balaban J connectivity index is 2.01. The number of benzene rings is 1. The van der Waals surface area contributed by atoms with Crippen molar-refractivity contribution in [2.75, 3.05) is 7.11 Å². The Morgan fingerprint density at radius 3 is 2.69 bits per heavy atom. The summed E-state index contributed by atoms with van der Waals surface area (Å²) in [5, 5.41) is 1.26. The standard InChI is InChI=1S/C22H23NO2S/c1-4-14-8-10-15(11-9-14)20-17(12-19(24)25-3)13(2)23-22-21(20)16-6-5-7-18(16)26-22/h8-11H,4-7,12H2,1-3H3. The molecule has 0 saturated carbocycles. The van der Waals surface area contributed by atoms with Crippen LogP contribution in [0.5, 0.6) is 0 Å². The lowest BCUT2D eigenvalue weighted by atomic mass is 9.91. The van der Waals surface area contributed by atoms with E-state index < -0.39 is 0 Å². The number of nitrogens with zero attached hydrogens (tertiary/aromatic N) is 1. The van der Waals surface area contributed by atoms with E-state index in [-0.39, 0.29) is 12.4 Å². The number of hydrogen-bond donors (Lipinski definition) is 0. The Morgan fingerprint density at radius 2 is 2.00 bits per heavy atom. The number of aromatic nitrogens is 1. The van der Waals surface area contributed by atoms with E-state index in [1.165, 1.54) is 46.0 Å². The minimum absolute atomic E-state index is 0.215. The van der Waals surface area contributed by atoms with Gasteiger partial charge in [0.2, 0.25) is 0 Å². The van der Waals surface area contributed by atoms with Gasteiger partial charge in [0, 0.05) is 16.0 Å². The highest BCUT2D eigenvalue weighted by atomic mass is 32.1. The van der Waals surface area contributed by atoms with Gasteiger partial charge in [0.25, 0.3) is 0 Å². The summed E-state index contributed by atoms with van der Waals surface area (Å²) >= 11 is 1.82. The molecule has 0 bridgehead atoms. The average molecular weight is 365 g/mol. The maximum atomic E-state index is 12.1. The number of carbonyl (C=O) groups is 1. The van der Waals surface area contributed by atoms with Crippen LogP contribution in [0.15, 0.2) is 24.3 Å². The van der Waals surface area contributed by atoms with E-state index >= 15 is 0 Å². The summed E-state index contributed by atoms with van der Waals surface area (Å²) in [5.41, 5.74) is 7.04. The Bertz CT molecular complexity index is 986. The first-order chi connectivity index (χ1) is 12.6. The van der Waals surface area contributed by atoms with Gasteiger partial charge < -0.3 is 4.74 Å². The van der Waals surface area contributed by atoms with E-state index in [1.54, 1.807) is 0 Å². The van der Waals surface area contributed by atoms with Gasteiger partial charge in [-0.1, -0.05) is 31.2 Å². The van der Waals surface area contributed by atoms with Crippen LogP contribution in [0.4, 0.5) is 0 Å². The summed E-state index contributed by atoms with van der Waals surface area (Å²) in [6.45, 7) is 4.17. The Morgan fingerprint density at radius 1 is 1.23 bits per heavy atom. The first-order valence-corrected chi connectivity index (χ1v) is 10.0. The highest BCUT2D eigenvalue weighted by molar-refractivity contribution is 7.19. The summed E-state index contributed by atoms with van der Waals surface area (Å²) < 4.78 is 4.96. The third-order valence-electron chi connectivity index (χ3n) is 5.36. The van der Waals surface area contributed by atoms with Crippen molar-refractivity contribution in [3.05, 3.63) is 51.5 Å². The van der Waals surface area contributed by atoms with Gasteiger partial charge in [-0.3, -0.25) is 4.79 Å². The molecule has 0 fully saturated rings. The number of hydrogen-bond acceptors (Lipinski definition) is 4. The van der Waals surface area contributed by atoms with Crippen molar-refractivity contribution in [2.24, 2.45) is 0 Å². The van der Waals surface area contributed by atoms with E-state index in [1.807, 2.05) is 18.3 Å². The predicted molar refractivity (Wildman–Crippen MR) is 107 cm³/mol. The fourth-order valence-corrected chi connectivity index (χ4v) is 5.25.